The van der Waals surface area contributed by atoms with Gasteiger partial charge in [-0.2, -0.15) is 0 Å². The molecule has 0 fully saturated rings. The van der Waals surface area contributed by atoms with Gasteiger partial charge in [0.1, 0.15) is 0 Å². The van der Waals surface area contributed by atoms with Crippen LogP contribution in [0.1, 0.15) is 0 Å². The van der Waals surface area contributed by atoms with Crippen LogP contribution in [0.5, 0.6) is 0 Å². The summed E-state index contributed by atoms with van der Waals surface area (Å²) in [5.41, 5.74) is 21.1. The fraction of sp³-hybridized carbons (Fsp3) is 0. The van der Waals surface area contributed by atoms with Crippen LogP contribution in [0.25, 0.3) is 122 Å². The second kappa shape index (κ2) is 21.8. The van der Waals surface area contributed by atoms with E-state index < -0.39 is 8.07 Å². The van der Waals surface area contributed by atoms with E-state index in [1.165, 1.54) is 97.8 Å². The Labute approximate surface area is 508 Å². The van der Waals surface area contributed by atoms with Crippen molar-refractivity contribution in [2.75, 3.05) is 0 Å². The molecule has 87 heavy (non-hydrogen) atoms. The highest BCUT2D eigenvalue weighted by molar-refractivity contribution is 7.20. The predicted molar refractivity (Wildman–Crippen MR) is 371 cm³/mol. The zero-order valence-electron chi connectivity index (χ0n) is 47.9. The van der Waals surface area contributed by atoms with Gasteiger partial charge in [0.25, 0.3) is 0 Å². The molecule has 0 aliphatic rings. The van der Waals surface area contributed by atoms with Crippen molar-refractivity contribution in [1.82, 2.24) is 9.13 Å². The molecule has 0 unspecified atom stereocenters. The van der Waals surface area contributed by atoms with Gasteiger partial charge in [-0.25, -0.2) is 0 Å². The molecular formula is C84H58N2Si. The van der Waals surface area contributed by atoms with Crippen LogP contribution in [-0.4, -0.2) is 17.2 Å². The Hall–Kier alpha value is -11.1. The molecule has 14 aromatic carbocycles. The summed E-state index contributed by atoms with van der Waals surface area (Å²) in [5.74, 6) is 0. The number of hydrogen-bond donors (Lipinski definition) is 0. The average Bonchev–Trinajstić information content (AvgIpc) is 1.74. The van der Waals surface area contributed by atoms with E-state index in [1.807, 2.05) is 0 Å². The van der Waals surface area contributed by atoms with Gasteiger partial charge in [0.2, 0.25) is 0 Å². The summed E-state index contributed by atoms with van der Waals surface area (Å²) in [5, 5.41) is 10.1. The van der Waals surface area contributed by atoms with Crippen LogP contribution in [0, 0.1) is 0 Å². The zero-order chi connectivity index (χ0) is 57.7. The van der Waals surface area contributed by atoms with Crippen molar-refractivity contribution >= 4 is 72.4 Å². The van der Waals surface area contributed by atoms with Crippen molar-refractivity contribution in [2.24, 2.45) is 0 Å². The molecule has 16 rings (SSSR count). The van der Waals surface area contributed by atoms with E-state index in [-0.39, 0.29) is 0 Å². The number of rotatable bonds is 12. The summed E-state index contributed by atoms with van der Waals surface area (Å²) in [7, 11) is -3.31. The second-order valence-electron chi connectivity index (χ2n) is 22.7. The molecule has 0 aliphatic heterocycles. The lowest BCUT2D eigenvalue weighted by Gasteiger charge is -2.36. The first-order valence-electron chi connectivity index (χ1n) is 30.1. The van der Waals surface area contributed by atoms with Gasteiger partial charge in [-0.3, -0.25) is 0 Å². The molecule has 2 heterocycles. The van der Waals surface area contributed by atoms with Crippen LogP contribution in [0.15, 0.2) is 352 Å². The van der Waals surface area contributed by atoms with E-state index in [0.29, 0.717) is 0 Å². The Morgan fingerprint density at radius 3 is 0.977 bits per heavy atom. The number of fused-ring (bicyclic) bond motifs is 6. The Bertz CT molecular complexity index is 4930. The van der Waals surface area contributed by atoms with E-state index in [1.54, 1.807) is 0 Å². The minimum absolute atomic E-state index is 1.11. The highest BCUT2D eigenvalue weighted by atomic mass is 28.3. The normalized spacial score (nSPS) is 11.7. The maximum atomic E-state index is 2.58. The fourth-order valence-corrected chi connectivity index (χ4v) is 18.7. The molecule has 0 aliphatic carbocycles. The second-order valence-corrected chi connectivity index (χ2v) is 26.6. The molecule has 2 nitrogen and oxygen atoms in total. The van der Waals surface area contributed by atoms with Crippen LogP contribution in [-0.2, 0) is 0 Å². The van der Waals surface area contributed by atoms with Gasteiger partial charge in [0, 0.05) is 38.4 Å². The lowest BCUT2D eigenvalue weighted by atomic mass is 9.95. The first kappa shape index (κ1) is 51.5. The molecule has 0 spiro atoms. The predicted octanol–water partition coefficient (Wildman–Crippen LogP) is 19.3. The SMILES string of the molecule is c1ccc(-c2cccc([Si](c3ccccc3)(c3cccc(-c4ccccc4)c3)c3cc(-c4ccccc4)c(-n4c5ccccc5c5cc(-n6c7ccc(-c8ccccc8)cc7c7cc(-c8ccccc8)ccc76)ccc54)c(-c4ccccc4)c3)c2)cc1. The topological polar surface area (TPSA) is 9.86 Å². The van der Waals surface area contributed by atoms with Crippen molar-refractivity contribution in [2.45, 2.75) is 0 Å². The monoisotopic (exact) mass is 1120 g/mol. The van der Waals surface area contributed by atoms with Crippen molar-refractivity contribution in [3.05, 3.63) is 352 Å². The van der Waals surface area contributed by atoms with Gasteiger partial charge in [-0.05, 0) is 125 Å². The smallest absolute Gasteiger partial charge is 0.179 e. The molecule has 3 heteroatoms. The standard InChI is InChI=1S/C84H58N2Si/c1-8-26-59(27-9-1)65-38-24-42-71(52-65)87(70-40-20-7-21-41-70,72-43-25-39-66(53-72)60-28-10-2-11-29-60)73-57-75(63-34-16-5-17-35-63)84(76(58-73)64-36-18-6-19-37-64)86-80-45-23-22-44-74(80)79-56-69(48-51-83(79)86)85-81-49-46-67(61-30-12-3-13-31-61)54-77(81)78-55-68(47-50-82(78)85)62-32-14-4-15-33-62/h1-58H. The lowest BCUT2D eigenvalue weighted by molar-refractivity contribution is 1.17. The largest absolute Gasteiger partial charge is 0.309 e. The molecule has 0 N–H and O–H groups in total. The van der Waals surface area contributed by atoms with Crippen LogP contribution in [0.4, 0.5) is 0 Å². The zero-order valence-corrected chi connectivity index (χ0v) is 48.9. The summed E-state index contributed by atoms with van der Waals surface area (Å²) in [6.07, 6.45) is 0. The third kappa shape index (κ3) is 8.95. The fourth-order valence-electron chi connectivity index (χ4n) is 13.8. The summed E-state index contributed by atoms with van der Waals surface area (Å²) in [6.45, 7) is 0. The Balaban J connectivity index is 0.987. The van der Waals surface area contributed by atoms with Crippen LogP contribution >= 0.6 is 0 Å². The highest BCUT2D eigenvalue weighted by Gasteiger charge is 2.43. The molecule has 0 saturated heterocycles. The summed E-state index contributed by atoms with van der Waals surface area (Å²) in [6, 6.07) is 131. The van der Waals surface area contributed by atoms with Crippen LogP contribution < -0.4 is 20.7 Å². The maximum absolute atomic E-state index is 3.31. The van der Waals surface area contributed by atoms with Crippen molar-refractivity contribution in [3.8, 4) is 78.1 Å². The molecule has 0 radical (unpaired) electrons. The van der Waals surface area contributed by atoms with Gasteiger partial charge >= 0.3 is 0 Å². The van der Waals surface area contributed by atoms with E-state index in [0.717, 1.165) is 44.7 Å². The average molecular weight is 1120 g/mol. The summed E-state index contributed by atoms with van der Waals surface area (Å²) < 4.78 is 5.05. The molecule has 0 amide bonds. The van der Waals surface area contributed by atoms with Gasteiger partial charge in [0.05, 0.1) is 27.8 Å². The minimum Gasteiger partial charge on any atom is -0.309 e. The van der Waals surface area contributed by atoms with Crippen LogP contribution in [0.3, 0.4) is 0 Å². The van der Waals surface area contributed by atoms with Gasteiger partial charge in [-0.1, -0.05) is 303 Å². The van der Waals surface area contributed by atoms with Crippen molar-refractivity contribution in [3.63, 3.8) is 0 Å². The molecule has 408 valence electrons. The Morgan fingerprint density at radius 2 is 0.517 bits per heavy atom. The first-order valence-corrected chi connectivity index (χ1v) is 32.1. The molecule has 0 bridgehead atoms. The quantitative estimate of drug-likeness (QED) is 0.0852. The highest BCUT2D eigenvalue weighted by Crippen LogP contribution is 2.44. The number of para-hydroxylation sites is 1. The summed E-state index contributed by atoms with van der Waals surface area (Å²) in [4.78, 5) is 0. The summed E-state index contributed by atoms with van der Waals surface area (Å²) >= 11 is 0. The van der Waals surface area contributed by atoms with E-state index in [4.69, 9.17) is 0 Å². The molecule has 2 aromatic heterocycles. The molecule has 0 atom stereocenters. The molecule has 0 saturated carbocycles. The van der Waals surface area contributed by atoms with Crippen LogP contribution in [0.2, 0.25) is 0 Å². The first-order chi connectivity index (χ1) is 43.2. The van der Waals surface area contributed by atoms with E-state index in [9.17, 15) is 0 Å². The molecular weight excluding hydrogens is 1070 g/mol. The lowest BCUT2D eigenvalue weighted by Crippen LogP contribution is -2.74. The van der Waals surface area contributed by atoms with E-state index in [2.05, 4.69) is 361 Å². The maximum Gasteiger partial charge on any atom is 0.179 e. The number of nitrogens with zero attached hydrogens (tertiary/aromatic N) is 2. The third-order valence-corrected chi connectivity index (χ3v) is 22.6. The van der Waals surface area contributed by atoms with E-state index >= 15 is 0 Å². The Morgan fingerprint density at radius 1 is 0.184 bits per heavy atom. The number of benzene rings is 14. The number of hydrogen-bond acceptors (Lipinski definition) is 0. The number of aromatic nitrogens is 2. The third-order valence-electron chi connectivity index (χ3n) is 17.8. The Kier molecular flexibility index (Phi) is 12.9. The minimum atomic E-state index is -3.31. The van der Waals surface area contributed by atoms with Gasteiger partial charge in [0.15, 0.2) is 8.07 Å². The van der Waals surface area contributed by atoms with Crippen molar-refractivity contribution in [1.29, 1.82) is 0 Å². The van der Waals surface area contributed by atoms with Crippen molar-refractivity contribution < 1.29 is 0 Å². The van der Waals surface area contributed by atoms with Gasteiger partial charge < -0.3 is 9.13 Å². The van der Waals surface area contributed by atoms with Gasteiger partial charge in [-0.15, -0.1) is 0 Å². The molecule has 16 aromatic rings.